The average Bonchev–Trinajstić information content (AvgIpc) is 2.41. The van der Waals surface area contributed by atoms with Crippen LogP contribution in [0, 0.1) is 38.5 Å². The van der Waals surface area contributed by atoms with Crippen LogP contribution < -0.4 is 5.32 Å². The van der Waals surface area contributed by atoms with E-state index in [1.54, 1.807) is 0 Å². The van der Waals surface area contributed by atoms with Gasteiger partial charge >= 0.3 is 5.69 Å². The van der Waals surface area contributed by atoms with E-state index in [4.69, 9.17) is 5.26 Å². The van der Waals surface area contributed by atoms with Crippen molar-refractivity contribution in [3.8, 4) is 6.07 Å². The molecule has 0 saturated heterocycles. The molecule has 1 aromatic rings. The number of anilines is 1. The normalized spacial score (nSPS) is 11.5. The molecule has 22 heavy (non-hydrogen) atoms. The Kier molecular flexibility index (Phi) is 5.81. The molecule has 8 nitrogen and oxygen atoms in total. The molecule has 0 aliphatic carbocycles. The van der Waals surface area contributed by atoms with Crippen LogP contribution in [-0.4, -0.2) is 15.9 Å². The van der Waals surface area contributed by atoms with Gasteiger partial charge in [-0.05, 0) is 25.8 Å². The smallest absolute Gasteiger partial charge is 0.302 e. The second-order valence-electron chi connectivity index (χ2n) is 5.09. The minimum Gasteiger partial charge on any atom is -0.371 e. The number of nitro groups is 2. The summed E-state index contributed by atoms with van der Waals surface area (Å²) in [5.41, 5.74) is -0.207. The zero-order valence-corrected chi connectivity index (χ0v) is 12.8. The number of benzene rings is 1. The zero-order valence-electron chi connectivity index (χ0n) is 12.8. The minimum absolute atomic E-state index is 0.0878. The minimum atomic E-state index is -0.658. The van der Waals surface area contributed by atoms with Crippen molar-refractivity contribution in [2.24, 2.45) is 0 Å². The molecule has 0 fully saturated rings. The van der Waals surface area contributed by atoms with Gasteiger partial charge in [0.2, 0.25) is 0 Å². The van der Waals surface area contributed by atoms with Gasteiger partial charge in [0.25, 0.3) is 5.69 Å². The van der Waals surface area contributed by atoms with Crippen LogP contribution in [0.15, 0.2) is 6.07 Å². The lowest BCUT2D eigenvalue weighted by atomic mass is 10.0. The summed E-state index contributed by atoms with van der Waals surface area (Å²) in [5, 5.41) is 34.3. The van der Waals surface area contributed by atoms with Gasteiger partial charge < -0.3 is 5.32 Å². The molecule has 0 radical (unpaired) electrons. The molecule has 0 bridgehead atoms. The van der Waals surface area contributed by atoms with Crippen LogP contribution in [0.2, 0.25) is 0 Å². The Morgan fingerprint density at radius 3 is 2.45 bits per heavy atom. The highest BCUT2D eigenvalue weighted by atomic mass is 16.6. The fourth-order valence-electron chi connectivity index (χ4n) is 2.34. The molecule has 0 aromatic heterocycles. The van der Waals surface area contributed by atoms with Crippen LogP contribution in [0.1, 0.15) is 37.8 Å². The number of nitrogens with zero attached hydrogens (tertiary/aromatic N) is 3. The van der Waals surface area contributed by atoms with Gasteiger partial charge in [-0.25, -0.2) is 0 Å². The number of hydrogen-bond acceptors (Lipinski definition) is 6. The number of nitrogens with one attached hydrogen (secondary N) is 1. The molecule has 8 heteroatoms. The van der Waals surface area contributed by atoms with E-state index in [-0.39, 0.29) is 35.1 Å². The highest BCUT2D eigenvalue weighted by molar-refractivity contribution is 5.78. The topological polar surface area (TPSA) is 122 Å². The molecule has 1 aromatic carbocycles. The van der Waals surface area contributed by atoms with E-state index in [0.717, 1.165) is 12.8 Å². The highest BCUT2D eigenvalue weighted by Gasteiger charge is 2.30. The van der Waals surface area contributed by atoms with Crippen LogP contribution in [0.4, 0.5) is 17.1 Å². The molecule has 0 amide bonds. The maximum atomic E-state index is 11.4. The first-order valence-electron chi connectivity index (χ1n) is 6.92. The van der Waals surface area contributed by atoms with Crippen molar-refractivity contribution in [3.05, 3.63) is 37.4 Å². The second-order valence-corrected chi connectivity index (χ2v) is 5.09. The molecule has 1 N–H and O–H groups in total. The molecular formula is C14H18N4O4. The summed E-state index contributed by atoms with van der Waals surface area (Å²) in [4.78, 5) is 21.3. The Morgan fingerprint density at radius 1 is 1.36 bits per heavy atom. The van der Waals surface area contributed by atoms with Crippen molar-refractivity contribution in [2.75, 3.05) is 5.32 Å². The number of nitro benzene ring substituents is 2. The quantitative estimate of drug-likeness (QED) is 0.607. The summed E-state index contributed by atoms with van der Waals surface area (Å²) >= 11 is 0. The van der Waals surface area contributed by atoms with Gasteiger partial charge in [0.05, 0.1) is 22.3 Å². The standard InChI is InChI=1S/C14H18N4O4/c1-4-5-9(2)16-13-12(17(19)20)8-11(6-7-15)10(3)14(13)18(21)22/h8-9,16H,4-6H2,1-3H3. The molecule has 0 spiro atoms. The summed E-state index contributed by atoms with van der Waals surface area (Å²) < 4.78 is 0. The van der Waals surface area contributed by atoms with Gasteiger partial charge in [0.15, 0.2) is 5.69 Å². The van der Waals surface area contributed by atoms with Crippen molar-refractivity contribution in [3.63, 3.8) is 0 Å². The average molecular weight is 306 g/mol. The SMILES string of the molecule is CCCC(C)Nc1c([N+](=O)[O-])cc(CC#N)c(C)c1[N+](=O)[O-]. The lowest BCUT2D eigenvalue weighted by Gasteiger charge is -2.16. The van der Waals surface area contributed by atoms with Crippen LogP contribution in [0.5, 0.6) is 0 Å². The fourth-order valence-corrected chi connectivity index (χ4v) is 2.34. The highest BCUT2D eigenvalue weighted by Crippen LogP contribution is 2.39. The van der Waals surface area contributed by atoms with E-state index in [1.165, 1.54) is 13.0 Å². The van der Waals surface area contributed by atoms with Crippen molar-refractivity contribution >= 4 is 17.1 Å². The van der Waals surface area contributed by atoms with Crippen LogP contribution in [-0.2, 0) is 6.42 Å². The lowest BCUT2D eigenvalue weighted by Crippen LogP contribution is -2.17. The Hall–Kier alpha value is -2.69. The van der Waals surface area contributed by atoms with E-state index >= 15 is 0 Å². The third-order valence-corrected chi connectivity index (χ3v) is 3.40. The van der Waals surface area contributed by atoms with Gasteiger partial charge in [-0.3, -0.25) is 20.2 Å². The molecular weight excluding hydrogens is 288 g/mol. The Morgan fingerprint density at radius 2 is 2.00 bits per heavy atom. The molecule has 0 saturated carbocycles. The molecule has 1 atom stereocenters. The first-order valence-corrected chi connectivity index (χ1v) is 6.92. The predicted octanol–water partition coefficient (Wildman–Crippen LogP) is 3.48. The summed E-state index contributed by atoms with van der Waals surface area (Å²) in [7, 11) is 0. The third kappa shape index (κ3) is 3.69. The summed E-state index contributed by atoms with van der Waals surface area (Å²) in [6.45, 7) is 5.28. The Balaban J connectivity index is 3.56. The van der Waals surface area contributed by atoms with E-state index in [9.17, 15) is 20.2 Å². The van der Waals surface area contributed by atoms with Crippen molar-refractivity contribution in [1.82, 2.24) is 0 Å². The van der Waals surface area contributed by atoms with Gasteiger partial charge in [-0.15, -0.1) is 0 Å². The second kappa shape index (κ2) is 7.36. The zero-order chi connectivity index (χ0) is 16.9. The van der Waals surface area contributed by atoms with Crippen molar-refractivity contribution in [2.45, 2.75) is 46.1 Å². The van der Waals surface area contributed by atoms with Crippen molar-refractivity contribution < 1.29 is 9.85 Å². The number of rotatable bonds is 7. The van der Waals surface area contributed by atoms with Gasteiger partial charge in [-0.1, -0.05) is 13.3 Å². The molecule has 118 valence electrons. The fraction of sp³-hybridized carbons (Fsp3) is 0.500. The van der Waals surface area contributed by atoms with Crippen LogP contribution in [0.3, 0.4) is 0 Å². The van der Waals surface area contributed by atoms with Gasteiger partial charge in [0, 0.05) is 17.7 Å². The summed E-state index contributed by atoms with van der Waals surface area (Å²) in [6.07, 6.45) is 1.47. The first kappa shape index (κ1) is 17.4. The third-order valence-electron chi connectivity index (χ3n) is 3.40. The van der Waals surface area contributed by atoms with E-state index in [1.807, 2.05) is 19.9 Å². The first-order chi connectivity index (χ1) is 10.3. The molecule has 0 heterocycles. The molecule has 0 aliphatic heterocycles. The summed E-state index contributed by atoms with van der Waals surface area (Å²) in [6, 6.07) is 2.98. The van der Waals surface area contributed by atoms with E-state index in [2.05, 4.69) is 5.32 Å². The monoisotopic (exact) mass is 306 g/mol. The molecule has 0 aliphatic rings. The van der Waals surface area contributed by atoms with Gasteiger partial charge in [-0.2, -0.15) is 5.26 Å². The number of nitriles is 1. The van der Waals surface area contributed by atoms with Crippen LogP contribution >= 0.6 is 0 Å². The maximum absolute atomic E-state index is 11.4. The molecule has 1 rings (SSSR count). The van der Waals surface area contributed by atoms with Crippen LogP contribution in [0.25, 0.3) is 0 Å². The van der Waals surface area contributed by atoms with E-state index < -0.39 is 9.85 Å². The molecule has 1 unspecified atom stereocenters. The number of hydrogen-bond donors (Lipinski definition) is 1. The summed E-state index contributed by atoms with van der Waals surface area (Å²) in [5.74, 6) is 0. The predicted molar refractivity (Wildman–Crippen MR) is 81.8 cm³/mol. The Labute approximate surface area is 128 Å². The lowest BCUT2D eigenvalue weighted by molar-refractivity contribution is -0.392. The maximum Gasteiger partial charge on any atom is 0.302 e. The van der Waals surface area contributed by atoms with Crippen molar-refractivity contribution in [1.29, 1.82) is 5.26 Å². The van der Waals surface area contributed by atoms with Gasteiger partial charge in [0.1, 0.15) is 0 Å². The van der Waals surface area contributed by atoms with E-state index in [0.29, 0.717) is 5.56 Å². The Bertz CT molecular complexity index is 637. The largest absolute Gasteiger partial charge is 0.371 e.